The third-order valence-electron chi connectivity index (χ3n) is 10.8. The predicted molar refractivity (Wildman–Crippen MR) is 124 cm³/mol. The van der Waals surface area contributed by atoms with Crippen molar-refractivity contribution in [2.24, 2.45) is 34.5 Å². The van der Waals surface area contributed by atoms with Gasteiger partial charge in [-0.25, -0.2) is 0 Å². The van der Waals surface area contributed by atoms with Gasteiger partial charge in [0.05, 0.1) is 12.1 Å². The van der Waals surface area contributed by atoms with E-state index in [1.54, 1.807) is 13.8 Å². The Morgan fingerprint density at radius 3 is 1.45 bits per heavy atom. The number of ketones is 2. The molecule has 7 rings (SSSR count). The standard InChI is InChI=1S/C14H23NO.C13H21NO/c1-10(16)13-8-14(9-15(13)2)7-11-3-5-12(14)6-4-11;1-9(15)12-7-13(8-14(12)2)6-10-3-4-11(13)5-10/h11-13H,3-9H2,1-2H3;10-12H,3-8H2,1-2H3. The molecular weight excluding hydrogens is 384 g/mol. The second-order valence-corrected chi connectivity index (χ2v) is 12.7. The van der Waals surface area contributed by atoms with Gasteiger partial charge < -0.3 is 0 Å². The molecule has 6 atom stereocenters. The smallest absolute Gasteiger partial charge is 0.146 e. The molecule has 4 bridgehead atoms. The van der Waals surface area contributed by atoms with Gasteiger partial charge in [0.2, 0.25) is 0 Å². The van der Waals surface area contributed by atoms with Gasteiger partial charge in [-0.15, -0.1) is 0 Å². The number of hydrogen-bond donors (Lipinski definition) is 0. The summed E-state index contributed by atoms with van der Waals surface area (Å²) in [6.45, 7) is 5.88. The molecule has 0 radical (unpaired) electrons. The van der Waals surface area contributed by atoms with E-state index in [1.807, 2.05) is 0 Å². The second kappa shape index (κ2) is 7.94. The number of hydrogen-bond acceptors (Lipinski definition) is 4. The summed E-state index contributed by atoms with van der Waals surface area (Å²) in [6, 6.07) is 0.448. The fourth-order valence-corrected chi connectivity index (χ4v) is 9.50. The lowest BCUT2D eigenvalue weighted by Gasteiger charge is -2.50. The zero-order valence-corrected chi connectivity index (χ0v) is 20.4. The predicted octanol–water partition coefficient (Wildman–Crippen LogP) is 4.56. The van der Waals surface area contributed by atoms with Gasteiger partial charge >= 0.3 is 0 Å². The number of carbonyl (C=O) groups is 2. The number of fused-ring (bicyclic) bond motifs is 5. The maximum atomic E-state index is 11.6. The van der Waals surface area contributed by atoms with Gasteiger partial charge in [-0.05, 0) is 114 Å². The molecule has 0 amide bonds. The molecule has 5 aliphatic carbocycles. The maximum absolute atomic E-state index is 11.6. The lowest BCUT2D eigenvalue weighted by molar-refractivity contribution is -0.121. The van der Waals surface area contributed by atoms with Gasteiger partial charge in [0.25, 0.3) is 0 Å². The molecule has 7 aliphatic rings. The fraction of sp³-hybridized carbons (Fsp3) is 0.926. The van der Waals surface area contributed by atoms with Gasteiger partial charge in [-0.3, -0.25) is 19.4 Å². The minimum Gasteiger partial charge on any atom is -0.298 e. The molecule has 174 valence electrons. The number of likely N-dealkylation sites (tertiary alicyclic amines) is 2. The van der Waals surface area contributed by atoms with Crippen molar-refractivity contribution in [2.75, 3.05) is 27.2 Å². The zero-order valence-electron chi connectivity index (χ0n) is 20.4. The second-order valence-electron chi connectivity index (χ2n) is 12.7. The molecule has 0 aromatic heterocycles. The van der Waals surface area contributed by atoms with E-state index in [0.717, 1.165) is 36.5 Å². The highest BCUT2D eigenvalue weighted by molar-refractivity contribution is 5.82. The Morgan fingerprint density at radius 1 is 0.645 bits per heavy atom. The number of carbonyl (C=O) groups excluding carboxylic acids is 2. The van der Waals surface area contributed by atoms with Gasteiger partial charge in [0.1, 0.15) is 11.6 Å². The molecule has 2 saturated heterocycles. The third kappa shape index (κ3) is 3.74. The van der Waals surface area contributed by atoms with Crippen molar-refractivity contribution in [3.05, 3.63) is 0 Å². The van der Waals surface area contributed by atoms with Crippen LogP contribution in [0.15, 0.2) is 0 Å². The highest BCUT2D eigenvalue weighted by Gasteiger charge is 2.56. The van der Waals surface area contributed by atoms with Crippen molar-refractivity contribution >= 4 is 11.6 Å². The Labute approximate surface area is 189 Å². The molecular formula is C27H44N2O2. The van der Waals surface area contributed by atoms with Crippen LogP contribution in [0.4, 0.5) is 0 Å². The molecule has 31 heavy (non-hydrogen) atoms. The first-order chi connectivity index (χ1) is 14.7. The summed E-state index contributed by atoms with van der Waals surface area (Å²) >= 11 is 0. The maximum Gasteiger partial charge on any atom is 0.146 e. The van der Waals surface area contributed by atoms with E-state index < -0.39 is 0 Å². The largest absolute Gasteiger partial charge is 0.298 e. The molecule has 4 nitrogen and oxygen atoms in total. The van der Waals surface area contributed by atoms with Crippen LogP contribution in [0, 0.1) is 34.5 Å². The molecule has 0 N–H and O–H groups in total. The van der Waals surface area contributed by atoms with E-state index in [1.165, 1.54) is 70.9 Å². The van der Waals surface area contributed by atoms with E-state index in [-0.39, 0.29) is 12.1 Å². The van der Waals surface area contributed by atoms with Gasteiger partial charge in [0.15, 0.2) is 0 Å². The molecule has 0 aromatic carbocycles. The summed E-state index contributed by atoms with van der Waals surface area (Å²) < 4.78 is 0. The van der Waals surface area contributed by atoms with Crippen LogP contribution in [0.25, 0.3) is 0 Å². The van der Waals surface area contributed by atoms with Crippen LogP contribution in [0.2, 0.25) is 0 Å². The van der Waals surface area contributed by atoms with Crippen LogP contribution in [0.5, 0.6) is 0 Å². The van der Waals surface area contributed by atoms with Crippen LogP contribution < -0.4 is 0 Å². The van der Waals surface area contributed by atoms with E-state index in [2.05, 4.69) is 23.9 Å². The molecule has 6 unspecified atom stereocenters. The van der Waals surface area contributed by atoms with E-state index in [4.69, 9.17) is 0 Å². The molecule has 4 heteroatoms. The molecule has 0 aromatic rings. The summed E-state index contributed by atoms with van der Waals surface area (Å²) in [5.74, 6) is 4.58. The van der Waals surface area contributed by atoms with Crippen molar-refractivity contribution in [2.45, 2.75) is 96.6 Å². The lowest BCUT2D eigenvalue weighted by Crippen LogP contribution is -2.43. The summed E-state index contributed by atoms with van der Waals surface area (Å²) in [5.41, 5.74) is 1.06. The van der Waals surface area contributed by atoms with Crippen molar-refractivity contribution in [1.29, 1.82) is 0 Å². The molecule has 2 aliphatic heterocycles. The topological polar surface area (TPSA) is 40.6 Å². The number of rotatable bonds is 2. The van der Waals surface area contributed by atoms with Crippen LogP contribution in [-0.4, -0.2) is 60.6 Å². The Kier molecular flexibility index (Phi) is 5.65. The quantitative estimate of drug-likeness (QED) is 0.646. The average Bonchev–Trinajstić information content (AvgIpc) is 3.47. The van der Waals surface area contributed by atoms with Crippen molar-refractivity contribution in [3.63, 3.8) is 0 Å². The first-order valence-corrected chi connectivity index (χ1v) is 13.1. The Morgan fingerprint density at radius 2 is 1.10 bits per heavy atom. The van der Waals surface area contributed by atoms with Crippen LogP contribution in [-0.2, 0) is 9.59 Å². The zero-order chi connectivity index (χ0) is 22.0. The van der Waals surface area contributed by atoms with Crippen molar-refractivity contribution in [1.82, 2.24) is 9.80 Å². The highest BCUT2D eigenvalue weighted by Crippen LogP contribution is 2.60. The van der Waals surface area contributed by atoms with Gasteiger partial charge in [-0.2, -0.15) is 0 Å². The lowest BCUT2D eigenvalue weighted by atomic mass is 9.55. The SMILES string of the molecule is CC(=O)C1CC2(CC3CCC2C3)CN1C.CC(=O)C1CC2(CC3CCC2CC3)CN1C. The van der Waals surface area contributed by atoms with Gasteiger partial charge in [-0.1, -0.05) is 19.3 Å². The summed E-state index contributed by atoms with van der Waals surface area (Å²) in [6.07, 6.45) is 15.3. The first kappa shape index (κ1) is 22.1. The summed E-state index contributed by atoms with van der Waals surface area (Å²) in [4.78, 5) is 27.8. The normalized spacial score (nSPS) is 48.5. The molecule has 2 heterocycles. The average molecular weight is 429 g/mol. The summed E-state index contributed by atoms with van der Waals surface area (Å²) in [5, 5.41) is 0. The van der Waals surface area contributed by atoms with Crippen molar-refractivity contribution in [3.8, 4) is 0 Å². The molecule has 2 spiro atoms. The monoisotopic (exact) mass is 428 g/mol. The summed E-state index contributed by atoms with van der Waals surface area (Å²) in [7, 11) is 4.27. The molecule has 5 saturated carbocycles. The third-order valence-corrected chi connectivity index (χ3v) is 10.8. The van der Waals surface area contributed by atoms with E-state index in [0.29, 0.717) is 22.4 Å². The number of nitrogens with zero attached hydrogens (tertiary/aromatic N) is 2. The first-order valence-electron chi connectivity index (χ1n) is 13.1. The van der Waals surface area contributed by atoms with E-state index >= 15 is 0 Å². The van der Waals surface area contributed by atoms with E-state index in [9.17, 15) is 9.59 Å². The Balaban J connectivity index is 0.000000132. The minimum absolute atomic E-state index is 0.222. The highest BCUT2D eigenvalue weighted by atomic mass is 16.1. The van der Waals surface area contributed by atoms with Crippen molar-refractivity contribution < 1.29 is 9.59 Å². The molecule has 7 fully saturated rings. The van der Waals surface area contributed by atoms with Gasteiger partial charge in [0, 0.05) is 13.1 Å². The fourth-order valence-electron chi connectivity index (χ4n) is 9.50. The minimum atomic E-state index is 0.222. The Hall–Kier alpha value is -0.740. The van der Waals surface area contributed by atoms with Crippen LogP contribution in [0.1, 0.15) is 84.5 Å². The van der Waals surface area contributed by atoms with Crippen LogP contribution >= 0.6 is 0 Å². The number of likely N-dealkylation sites (N-methyl/N-ethyl adjacent to an activating group) is 2. The Bertz CT molecular complexity index is 729. The number of Topliss-reactive ketones (excluding diaryl/α,β-unsaturated/α-hetero) is 2. The van der Waals surface area contributed by atoms with Crippen LogP contribution in [0.3, 0.4) is 0 Å².